The largest absolute Gasteiger partial charge is 0.416 e. The Kier molecular flexibility index (Phi) is 3.28. The van der Waals surface area contributed by atoms with Gasteiger partial charge in [-0.3, -0.25) is 0 Å². The summed E-state index contributed by atoms with van der Waals surface area (Å²) in [4.78, 5) is 0. The van der Waals surface area contributed by atoms with Crippen LogP contribution in [-0.2, 0) is 12.6 Å². The SMILES string of the molecule is NCC1CCNc2ccc(C(F)(F)F)cc2C1. The van der Waals surface area contributed by atoms with E-state index in [0.717, 1.165) is 24.7 Å². The second-order valence-corrected chi connectivity index (χ2v) is 4.39. The lowest BCUT2D eigenvalue weighted by Crippen LogP contribution is -2.17. The van der Waals surface area contributed by atoms with Gasteiger partial charge < -0.3 is 11.1 Å². The fourth-order valence-electron chi connectivity index (χ4n) is 2.14. The summed E-state index contributed by atoms with van der Waals surface area (Å²) in [5.74, 6) is 0.257. The first-order chi connectivity index (χ1) is 8.00. The average molecular weight is 244 g/mol. The van der Waals surface area contributed by atoms with Crippen molar-refractivity contribution in [1.29, 1.82) is 0 Å². The van der Waals surface area contributed by atoms with Gasteiger partial charge in [-0.05, 0) is 49.1 Å². The van der Waals surface area contributed by atoms with E-state index >= 15 is 0 Å². The van der Waals surface area contributed by atoms with E-state index in [1.54, 1.807) is 0 Å². The average Bonchev–Trinajstić information content (AvgIpc) is 2.48. The Morgan fingerprint density at radius 1 is 1.35 bits per heavy atom. The van der Waals surface area contributed by atoms with Gasteiger partial charge in [-0.25, -0.2) is 0 Å². The highest BCUT2D eigenvalue weighted by atomic mass is 19.4. The highest BCUT2D eigenvalue weighted by Crippen LogP contribution is 2.33. The van der Waals surface area contributed by atoms with E-state index in [1.165, 1.54) is 12.1 Å². The molecule has 1 atom stereocenters. The Morgan fingerprint density at radius 3 is 2.76 bits per heavy atom. The molecular formula is C12H15F3N2. The molecule has 5 heteroatoms. The molecule has 0 fully saturated rings. The summed E-state index contributed by atoms with van der Waals surface area (Å²) in [7, 11) is 0. The standard InChI is InChI=1S/C12H15F3N2/c13-12(14,15)10-1-2-11-9(6-10)5-8(7-16)3-4-17-11/h1-2,6,8,17H,3-5,7,16H2. The maximum atomic E-state index is 12.6. The van der Waals surface area contributed by atoms with E-state index in [4.69, 9.17) is 5.73 Å². The van der Waals surface area contributed by atoms with Crippen LogP contribution in [0.1, 0.15) is 17.5 Å². The van der Waals surface area contributed by atoms with Crippen LogP contribution in [0.2, 0.25) is 0 Å². The zero-order chi connectivity index (χ0) is 12.5. The quantitative estimate of drug-likeness (QED) is 0.797. The van der Waals surface area contributed by atoms with Crippen molar-refractivity contribution in [2.75, 3.05) is 18.4 Å². The first kappa shape index (κ1) is 12.2. The maximum Gasteiger partial charge on any atom is 0.416 e. The van der Waals surface area contributed by atoms with E-state index < -0.39 is 11.7 Å². The monoisotopic (exact) mass is 244 g/mol. The number of hydrogen-bond acceptors (Lipinski definition) is 2. The molecule has 3 N–H and O–H groups in total. The molecule has 0 saturated carbocycles. The minimum absolute atomic E-state index is 0.257. The van der Waals surface area contributed by atoms with Crippen LogP contribution in [0.15, 0.2) is 18.2 Å². The van der Waals surface area contributed by atoms with Crippen molar-refractivity contribution < 1.29 is 13.2 Å². The number of halogens is 3. The van der Waals surface area contributed by atoms with Crippen LogP contribution in [0.4, 0.5) is 18.9 Å². The molecule has 2 rings (SSSR count). The number of fused-ring (bicyclic) bond motifs is 1. The van der Waals surface area contributed by atoms with Crippen LogP contribution in [0.25, 0.3) is 0 Å². The minimum Gasteiger partial charge on any atom is -0.385 e. The lowest BCUT2D eigenvalue weighted by Gasteiger charge is -2.13. The van der Waals surface area contributed by atoms with Gasteiger partial charge in [0.2, 0.25) is 0 Å². The molecular weight excluding hydrogens is 229 g/mol. The molecule has 0 aromatic heterocycles. The van der Waals surface area contributed by atoms with Gasteiger partial charge in [0.05, 0.1) is 5.56 Å². The molecule has 1 aliphatic rings. The first-order valence-electron chi connectivity index (χ1n) is 5.65. The van der Waals surface area contributed by atoms with E-state index in [2.05, 4.69) is 5.32 Å². The van der Waals surface area contributed by atoms with Crippen LogP contribution in [-0.4, -0.2) is 13.1 Å². The number of alkyl halides is 3. The van der Waals surface area contributed by atoms with Gasteiger partial charge in [0, 0.05) is 12.2 Å². The molecule has 94 valence electrons. The number of benzene rings is 1. The van der Waals surface area contributed by atoms with Gasteiger partial charge >= 0.3 is 6.18 Å². The molecule has 0 spiro atoms. The molecule has 1 aliphatic heterocycles. The number of rotatable bonds is 1. The van der Waals surface area contributed by atoms with Crippen molar-refractivity contribution in [3.05, 3.63) is 29.3 Å². The van der Waals surface area contributed by atoms with Crippen LogP contribution in [0.5, 0.6) is 0 Å². The van der Waals surface area contributed by atoms with Gasteiger partial charge in [0.25, 0.3) is 0 Å². The van der Waals surface area contributed by atoms with Crippen LogP contribution in [0, 0.1) is 5.92 Å². The van der Waals surface area contributed by atoms with E-state index in [9.17, 15) is 13.2 Å². The van der Waals surface area contributed by atoms with E-state index in [-0.39, 0.29) is 5.92 Å². The highest BCUT2D eigenvalue weighted by molar-refractivity contribution is 5.54. The zero-order valence-electron chi connectivity index (χ0n) is 9.35. The summed E-state index contributed by atoms with van der Waals surface area (Å²) < 4.78 is 37.8. The van der Waals surface area contributed by atoms with Crippen molar-refractivity contribution in [1.82, 2.24) is 0 Å². The second-order valence-electron chi connectivity index (χ2n) is 4.39. The highest BCUT2D eigenvalue weighted by Gasteiger charge is 2.31. The smallest absolute Gasteiger partial charge is 0.385 e. The van der Waals surface area contributed by atoms with Gasteiger partial charge in [-0.1, -0.05) is 0 Å². The predicted octanol–water partition coefficient (Wildman–Crippen LogP) is 2.64. The first-order valence-corrected chi connectivity index (χ1v) is 5.65. The third-order valence-electron chi connectivity index (χ3n) is 3.14. The number of hydrogen-bond donors (Lipinski definition) is 2. The molecule has 0 saturated heterocycles. The summed E-state index contributed by atoms with van der Waals surface area (Å²) in [5, 5.41) is 3.15. The zero-order valence-corrected chi connectivity index (χ0v) is 9.35. The Labute approximate surface area is 98.0 Å². The van der Waals surface area contributed by atoms with Crippen molar-refractivity contribution in [3.8, 4) is 0 Å². The number of nitrogens with one attached hydrogen (secondary N) is 1. The van der Waals surface area contributed by atoms with Crippen molar-refractivity contribution in [3.63, 3.8) is 0 Å². The lowest BCUT2D eigenvalue weighted by atomic mass is 9.96. The molecule has 1 heterocycles. The van der Waals surface area contributed by atoms with Crippen LogP contribution < -0.4 is 11.1 Å². The molecule has 1 aromatic rings. The van der Waals surface area contributed by atoms with Gasteiger partial charge in [0.15, 0.2) is 0 Å². The number of nitrogens with two attached hydrogens (primary N) is 1. The van der Waals surface area contributed by atoms with Gasteiger partial charge in [-0.2, -0.15) is 13.2 Å². The van der Waals surface area contributed by atoms with Gasteiger partial charge in [0.1, 0.15) is 0 Å². The molecule has 0 radical (unpaired) electrons. The summed E-state index contributed by atoms with van der Waals surface area (Å²) in [5.41, 5.74) is 6.53. The molecule has 1 aromatic carbocycles. The lowest BCUT2D eigenvalue weighted by molar-refractivity contribution is -0.137. The summed E-state index contributed by atoms with van der Waals surface area (Å²) in [6.45, 7) is 1.28. The Balaban J connectivity index is 2.33. The molecule has 0 amide bonds. The third-order valence-corrected chi connectivity index (χ3v) is 3.14. The summed E-state index contributed by atoms with van der Waals surface area (Å²) in [6.07, 6.45) is -2.77. The third kappa shape index (κ3) is 2.72. The van der Waals surface area contributed by atoms with Crippen molar-refractivity contribution >= 4 is 5.69 Å². The summed E-state index contributed by atoms with van der Waals surface area (Å²) in [6, 6.07) is 3.86. The predicted molar refractivity (Wildman–Crippen MR) is 60.8 cm³/mol. The van der Waals surface area contributed by atoms with Gasteiger partial charge in [-0.15, -0.1) is 0 Å². The molecule has 2 nitrogen and oxygen atoms in total. The Morgan fingerprint density at radius 2 is 2.12 bits per heavy atom. The second kappa shape index (κ2) is 4.56. The van der Waals surface area contributed by atoms with Crippen LogP contribution >= 0.6 is 0 Å². The Bertz CT molecular complexity index is 401. The topological polar surface area (TPSA) is 38.0 Å². The molecule has 17 heavy (non-hydrogen) atoms. The summed E-state index contributed by atoms with van der Waals surface area (Å²) >= 11 is 0. The number of anilines is 1. The van der Waals surface area contributed by atoms with E-state index in [0.29, 0.717) is 18.5 Å². The van der Waals surface area contributed by atoms with Crippen LogP contribution in [0.3, 0.4) is 0 Å². The fraction of sp³-hybridized carbons (Fsp3) is 0.500. The fourth-order valence-corrected chi connectivity index (χ4v) is 2.14. The molecule has 1 unspecified atom stereocenters. The molecule has 0 aliphatic carbocycles. The van der Waals surface area contributed by atoms with E-state index in [1.807, 2.05) is 0 Å². The Hall–Kier alpha value is -1.23. The minimum atomic E-state index is -4.28. The van der Waals surface area contributed by atoms with Crippen molar-refractivity contribution in [2.45, 2.75) is 19.0 Å². The normalized spacial score (nSPS) is 20.4. The molecule has 0 bridgehead atoms. The van der Waals surface area contributed by atoms with Crippen molar-refractivity contribution in [2.24, 2.45) is 11.7 Å². The maximum absolute atomic E-state index is 12.6.